The smallest absolute Gasteiger partial charge is 0.228 e. The van der Waals surface area contributed by atoms with Crippen molar-refractivity contribution < 1.29 is 4.79 Å². The predicted octanol–water partition coefficient (Wildman–Crippen LogP) is 2.61. The average molecular weight is 353 g/mol. The van der Waals surface area contributed by atoms with Crippen molar-refractivity contribution >= 4 is 11.7 Å². The first-order valence-electron chi connectivity index (χ1n) is 9.68. The number of fused-ring (bicyclic) bond motifs is 2. The first-order chi connectivity index (χ1) is 12.7. The molecule has 2 atom stereocenters. The fourth-order valence-corrected chi connectivity index (χ4v) is 4.58. The van der Waals surface area contributed by atoms with Gasteiger partial charge < -0.3 is 11.1 Å². The summed E-state index contributed by atoms with van der Waals surface area (Å²) in [7, 11) is 0. The maximum atomic E-state index is 12.7. The lowest BCUT2D eigenvalue weighted by molar-refractivity contribution is -0.122. The highest BCUT2D eigenvalue weighted by Crippen LogP contribution is 2.42. The van der Waals surface area contributed by atoms with Gasteiger partial charge in [0.05, 0.1) is 0 Å². The molecule has 2 fully saturated rings. The topological polar surface area (TPSA) is 85.8 Å². The van der Waals surface area contributed by atoms with Crippen molar-refractivity contribution in [3.05, 3.63) is 42.4 Å². The number of carbonyl (C=O) groups is 1. The number of nitrogens with two attached hydrogens (primary N) is 1. The van der Waals surface area contributed by atoms with Crippen molar-refractivity contribution in [2.75, 3.05) is 5.32 Å². The molecule has 0 aliphatic heterocycles. The Balaban J connectivity index is 1.32. The number of pyridine rings is 1. The summed E-state index contributed by atoms with van der Waals surface area (Å²) in [6.45, 7) is 0.780. The highest BCUT2D eigenvalue weighted by Gasteiger charge is 2.40. The van der Waals surface area contributed by atoms with Crippen LogP contribution in [0.4, 0.5) is 5.82 Å². The lowest BCUT2D eigenvalue weighted by Crippen LogP contribution is -2.48. The summed E-state index contributed by atoms with van der Waals surface area (Å²) in [6, 6.07) is 6.19. The summed E-state index contributed by atoms with van der Waals surface area (Å²) in [5.41, 5.74) is 7.56. The van der Waals surface area contributed by atoms with Gasteiger partial charge in [0, 0.05) is 43.2 Å². The van der Waals surface area contributed by atoms with E-state index in [9.17, 15) is 4.79 Å². The first kappa shape index (κ1) is 17.2. The number of aromatic nitrogens is 3. The van der Waals surface area contributed by atoms with E-state index in [0.717, 1.165) is 25.8 Å². The van der Waals surface area contributed by atoms with Crippen LogP contribution in [0.2, 0.25) is 0 Å². The molecule has 4 rings (SSSR count). The summed E-state index contributed by atoms with van der Waals surface area (Å²) in [6.07, 6.45) is 11.9. The van der Waals surface area contributed by atoms with E-state index < -0.39 is 0 Å². The van der Waals surface area contributed by atoms with Crippen molar-refractivity contribution in [3.63, 3.8) is 0 Å². The summed E-state index contributed by atoms with van der Waals surface area (Å²) in [4.78, 5) is 16.7. The number of aryl methyl sites for hydroxylation is 2. The molecule has 0 saturated heterocycles. The Bertz CT molecular complexity index is 730. The molecule has 2 heterocycles. The number of anilines is 1. The van der Waals surface area contributed by atoms with Crippen molar-refractivity contribution in [2.24, 2.45) is 23.5 Å². The first-order valence-corrected chi connectivity index (χ1v) is 9.68. The van der Waals surface area contributed by atoms with E-state index in [1.165, 1.54) is 24.8 Å². The minimum atomic E-state index is 0.0760. The van der Waals surface area contributed by atoms with E-state index in [-0.39, 0.29) is 11.8 Å². The number of nitrogens with zero attached hydrogens (tertiary/aromatic N) is 3. The molecule has 2 aromatic rings. The molecule has 2 unspecified atom stereocenters. The molecule has 2 aliphatic rings. The Hall–Kier alpha value is -2.21. The number of hydrogen-bond donors (Lipinski definition) is 2. The summed E-state index contributed by atoms with van der Waals surface area (Å²) >= 11 is 0. The highest BCUT2D eigenvalue weighted by molar-refractivity contribution is 5.91. The van der Waals surface area contributed by atoms with Crippen LogP contribution in [0.3, 0.4) is 0 Å². The standard InChI is InChI=1S/C20H27N5O/c21-19-15-2-1-3-16(19)13-17(12-15)20(26)23-18-7-11-25(24-18)10-6-14-4-8-22-9-5-14/h4-5,7-9,11,15-17,19H,1-3,6,10,12-13,21H2,(H,23,24,26). The SMILES string of the molecule is NC1C2CCCC1CC(C(=O)Nc1ccn(CCc3ccncc3)n1)C2. The second-order valence-corrected chi connectivity index (χ2v) is 7.76. The van der Waals surface area contributed by atoms with Gasteiger partial charge in [-0.2, -0.15) is 5.10 Å². The van der Waals surface area contributed by atoms with Crippen LogP contribution in [0.1, 0.15) is 37.7 Å². The maximum absolute atomic E-state index is 12.7. The maximum Gasteiger partial charge on any atom is 0.228 e. The Morgan fingerprint density at radius 3 is 2.65 bits per heavy atom. The third kappa shape index (κ3) is 3.80. The van der Waals surface area contributed by atoms with E-state index in [1.807, 2.05) is 29.1 Å². The van der Waals surface area contributed by atoms with Gasteiger partial charge in [-0.15, -0.1) is 0 Å². The molecule has 0 spiro atoms. The third-order valence-electron chi connectivity index (χ3n) is 6.05. The van der Waals surface area contributed by atoms with Crippen LogP contribution < -0.4 is 11.1 Å². The Morgan fingerprint density at radius 2 is 1.92 bits per heavy atom. The molecule has 0 aromatic carbocycles. The molecular weight excluding hydrogens is 326 g/mol. The highest BCUT2D eigenvalue weighted by atomic mass is 16.2. The second kappa shape index (κ2) is 7.58. The molecule has 3 N–H and O–H groups in total. The zero-order valence-corrected chi connectivity index (χ0v) is 15.1. The minimum absolute atomic E-state index is 0.0760. The van der Waals surface area contributed by atoms with E-state index >= 15 is 0 Å². The van der Waals surface area contributed by atoms with Gasteiger partial charge in [0.1, 0.15) is 0 Å². The zero-order chi connectivity index (χ0) is 17.9. The van der Waals surface area contributed by atoms with Crippen LogP contribution in [0, 0.1) is 17.8 Å². The van der Waals surface area contributed by atoms with Crippen LogP contribution in [0.25, 0.3) is 0 Å². The van der Waals surface area contributed by atoms with Crippen LogP contribution in [-0.4, -0.2) is 26.7 Å². The number of amides is 1. The van der Waals surface area contributed by atoms with Crippen molar-refractivity contribution in [1.82, 2.24) is 14.8 Å². The molecule has 2 saturated carbocycles. The van der Waals surface area contributed by atoms with Gasteiger partial charge in [0.15, 0.2) is 5.82 Å². The van der Waals surface area contributed by atoms with Gasteiger partial charge in [0.2, 0.25) is 5.91 Å². The average Bonchev–Trinajstić information content (AvgIpc) is 3.08. The van der Waals surface area contributed by atoms with Crippen LogP contribution >= 0.6 is 0 Å². The molecule has 6 heteroatoms. The number of carbonyl (C=O) groups excluding carboxylic acids is 1. The van der Waals surface area contributed by atoms with Crippen LogP contribution in [-0.2, 0) is 17.8 Å². The van der Waals surface area contributed by atoms with Gasteiger partial charge in [0.25, 0.3) is 0 Å². The quantitative estimate of drug-likeness (QED) is 0.865. The molecule has 2 aliphatic carbocycles. The molecule has 2 aromatic heterocycles. The minimum Gasteiger partial charge on any atom is -0.327 e. The molecule has 1 amide bonds. The monoisotopic (exact) mass is 353 g/mol. The van der Waals surface area contributed by atoms with Gasteiger partial charge in [-0.1, -0.05) is 6.42 Å². The largest absolute Gasteiger partial charge is 0.327 e. The van der Waals surface area contributed by atoms with E-state index in [1.54, 1.807) is 12.4 Å². The van der Waals surface area contributed by atoms with E-state index in [4.69, 9.17) is 5.73 Å². The Labute approximate surface area is 154 Å². The van der Waals surface area contributed by atoms with Crippen molar-refractivity contribution in [2.45, 2.75) is 51.1 Å². The van der Waals surface area contributed by atoms with E-state index in [2.05, 4.69) is 15.4 Å². The van der Waals surface area contributed by atoms with Crippen LogP contribution in [0.15, 0.2) is 36.8 Å². The molecular formula is C20H27N5O. The summed E-state index contributed by atoms with van der Waals surface area (Å²) in [5.74, 6) is 1.84. The molecule has 138 valence electrons. The van der Waals surface area contributed by atoms with Gasteiger partial charge in [-0.05, 0) is 61.6 Å². The summed E-state index contributed by atoms with van der Waals surface area (Å²) < 4.78 is 1.88. The Kier molecular flexibility index (Phi) is 5.02. The van der Waals surface area contributed by atoms with Gasteiger partial charge in [-0.25, -0.2) is 0 Å². The number of hydrogen-bond acceptors (Lipinski definition) is 4. The lowest BCUT2D eigenvalue weighted by atomic mass is 9.65. The fraction of sp³-hybridized carbons (Fsp3) is 0.550. The van der Waals surface area contributed by atoms with Crippen molar-refractivity contribution in [1.29, 1.82) is 0 Å². The van der Waals surface area contributed by atoms with E-state index in [0.29, 0.717) is 23.7 Å². The molecule has 2 bridgehead atoms. The normalized spacial score (nSPS) is 27.9. The molecule has 6 nitrogen and oxygen atoms in total. The third-order valence-corrected chi connectivity index (χ3v) is 6.05. The summed E-state index contributed by atoms with van der Waals surface area (Å²) in [5, 5.41) is 7.50. The van der Waals surface area contributed by atoms with Gasteiger partial charge in [-0.3, -0.25) is 14.5 Å². The Morgan fingerprint density at radius 1 is 1.19 bits per heavy atom. The molecule has 26 heavy (non-hydrogen) atoms. The number of rotatable bonds is 5. The lowest BCUT2D eigenvalue weighted by Gasteiger charge is -2.43. The van der Waals surface area contributed by atoms with Gasteiger partial charge >= 0.3 is 0 Å². The molecule has 0 radical (unpaired) electrons. The predicted molar refractivity (Wildman–Crippen MR) is 100 cm³/mol. The number of nitrogens with one attached hydrogen (secondary N) is 1. The fourth-order valence-electron chi connectivity index (χ4n) is 4.58. The van der Waals surface area contributed by atoms with Crippen molar-refractivity contribution in [3.8, 4) is 0 Å². The van der Waals surface area contributed by atoms with Crippen LogP contribution in [0.5, 0.6) is 0 Å². The zero-order valence-electron chi connectivity index (χ0n) is 15.1. The second-order valence-electron chi connectivity index (χ2n) is 7.76.